The van der Waals surface area contributed by atoms with Gasteiger partial charge in [0.2, 0.25) is 0 Å². The van der Waals surface area contributed by atoms with Crippen LogP contribution in [0.25, 0.3) is 0 Å². The third-order valence-electron chi connectivity index (χ3n) is 5.54. The predicted molar refractivity (Wildman–Crippen MR) is 80.7 cm³/mol. The van der Waals surface area contributed by atoms with Gasteiger partial charge >= 0.3 is 11.8 Å². The number of nitrogens with zero attached hydrogens (tertiary/aromatic N) is 1. The lowest BCUT2D eigenvalue weighted by atomic mass is 9.85. The van der Waals surface area contributed by atoms with Crippen LogP contribution in [-0.4, -0.2) is 48.9 Å². The first-order chi connectivity index (χ1) is 10.1. The van der Waals surface area contributed by atoms with Gasteiger partial charge in [-0.15, -0.1) is 0 Å². The fourth-order valence-electron chi connectivity index (χ4n) is 4.33. The van der Waals surface area contributed by atoms with Crippen molar-refractivity contribution in [3.8, 4) is 0 Å². The van der Waals surface area contributed by atoms with Crippen molar-refractivity contribution in [2.75, 3.05) is 26.2 Å². The van der Waals surface area contributed by atoms with Gasteiger partial charge in [-0.1, -0.05) is 13.3 Å². The Morgan fingerprint density at radius 1 is 1.19 bits per heavy atom. The molecule has 2 heterocycles. The molecule has 1 aliphatic carbocycles. The first-order valence-electron chi connectivity index (χ1n) is 8.38. The van der Waals surface area contributed by atoms with E-state index in [1.165, 1.54) is 19.3 Å². The van der Waals surface area contributed by atoms with Crippen molar-refractivity contribution in [2.45, 2.75) is 51.5 Å². The van der Waals surface area contributed by atoms with Crippen molar-refractivity contribution in [1.82, 2.24) is 15.5 Å². The highest BCUT2D eigenvalue weighted by Crippen LogP contribution is 2.47. The van der Waals surface area contributed by atoms with Gasteiger partial charge in [0, 0.05) is 19.1 Å². The van der Waals surface area contributed by atoms with Gasteiger partial charge in [0.1, 0.15) is 0 Å². The quantitative estimate of drug-likeness (QED) is 0.706. The molecule has 5 heteroatoms. The van der Waals surface area contributed by atoms with Crippen LogP contribution in [-0.2, 0) is 9.59 Å². The largest absolute Gasteiger partial charge is 0.345 e. The Morgan fingerprint density at radius 3 is 2.62 bits per heavy atom. The number of hydrogen-bond donors (Lipinski definition) is 2. The maximum Gasteiger partial charge on any atom is 0.311 e. The summed E-state index contributed by atoms with van der Waals surface area (Å²) in [5, 5.41) is 6.18. The standard InChI is InChI=1S/C16H27N3O2/c1-12-2-5-16(10-12)6-9-19(11-16)15(21)14(20)18-13-3-7-17-8-4-13/h12-13,17H,2-11H2,1H3,(H,18,20). The second kappa shape index (κ2) is 5.95. The molecule has 21 heavy (non-hydrogen) atoms. The molecule has 3 fully saturated rings. The van der Waals surface area contributed by atoms with E-state index in [1.807, 2.05) is 0 Å². The molecule has 3 rings (SSSR count). The van der Waals surface area contributed by atoms with Gasteiger partial charge in [0.05, 0.1) is 0 Å². The van der Waals surface area contributed by atoms with E-state index in [1.54, 1.807) is 4.90 Å². The number of hydrogen-bond acceptors (Lipinski definition) is 3. The Labute approximate surface area is 126 Å². The molecule has 118 valence electrons. The van der Waals surface area contributed by atoms with E-state index in [-0.39, 0.29) is 11.9 Å². The number of likely N-dealkylation sites (tertiary alicyclic amines) is 1. The summed E-state index contributed by atoms with van der Waals surface area (Å²) in [6, 6.07) is 0.158. The average molecular weight is 293 g/mol. The minimum Gasteiger partial charge on any atom is -0.345 e. The summed E-state index contributed by atoms with van der Waals surface area (Å²) in [5.41, 5.74) is 0.310. The molecule has 5 nitrogen and oxygen atoms in total. The summed E-state index contributed by atoms with van der Waals surface area (Å²) in [5.74, 6) is 0.0542. The number of carbonyl (C=O) groups is 2. The normalized spacial score (nSPS) is 33.6. The number of piperidine rings is 1. The summed E-state index contributed by atoms with van der Waals surface area (Å²) in [6.07, 6.45) is 6.61. The van der Waals surface area contributed by atoms with Crippen molar-refractivity contribution in [1.29, 1.82) is 0 Å². The molecular formula is C16H27N3O2. The number of nitrogens with one attached hydrogen (secondary N) is 2. The van der Waals surface area contributed by atoms with Crippen molar-refractivity contribution in [3.05, 3.63) is 0 Å². The zero-order chi connectivity index (χ0) is 14.9. The second-order valence-corrected chi connectivity index (χ2v) is 7.32. The van der Waals surface area contributed by atoms with Crippen LogP contribution in [0.4, 0.5) is 0 Å². The highest BCUT2D eigenvalue weighted by molar-refractivity contribution is 6.35. The molecule has 0 aromatic heterocycles. The van der Waals surface area contributed by atoms with Crippen molar-refractivity contribution in [3.63, 3.8) is 0 Å². The first kappa shape index (κ1) is 14.8. The van der Waals surface area contributed by atoms with Crippen LogP contribution in [0.3, 0.4) is 0 Å². The summed E-state index contributed by atoms with van der Waals surface area (Å²) in [6.45, 7) is 5.68. The van der Waals surface area contributed by atoms with Crippen LogP contribution >= 0.6 is 0 Å². The highest BCUT2D eigenvalue weighted by atomic mass is 16.2. The van der Waals surface area contributed by atoms with Gasteiger partial charge in [-0.25, -0.2) is 0 Å². The molecule has 0 radical (unpaired) electrons. The Bertz CT molecular complexity index is 420. The predicted octanol–water partition coefficient (Wildman–Crippen LogP) is 0.893. The molecular weight excluding hydrogens is 266 g/mol. The van der Waals surface area contributed by atoms with Crippen LogP contribution in [0.2, 0.25) is 0 Å². The molecule has 3 aliphatic rings. The molecule has 0 bridgehead atoms. The molecule has 0 aromatic rings. The summed E-state index contributed by atoms with van der Waals surface area (Å²) >= 11 is 0. The van der Waals surface area contributed by atoms with Crippen LogP contribution in [0, 0.1) is 11.3 Å². The topological polar surface area (TPSA) is 61.4 Å². The molecule has 2 unspecified atom stereocenters. The Hall–Kier alpha value is -1.10. The van der Waals surface area contributed by atoms with Crippen molar-refractivity contribution >= 4 is 11.8 Å². The zero-order valence-corrected chi connectivity index (χ0v) is 13.0. The van der Waals surface area contributed by atoms with Crippen molar-refractivity contribution < 1.29 is 9.59 Å². The summed E-state index contributed by atoms with van der Waals surface area (Å²) < 4.78 is 0. The zero-order valence-electron chi connectivity index (χ0n) is 13.0. The second-order valence-electron chi connectivity index (χ2n) is 7.32. The first-order valence-corrected chi connectivity index (χ1v) is 8.38. The Morgan fingerprint density at radius 2 is 1.95 bits per heavy atom. The molecule has 2 aliphatic heterocycles. The van der Waals surface area contributed by atoms with Gasteiger partial charge < -0.3 is 15.5 Å². The average Bonchev–Trinajstić information content (AvgIpc) is 3.06. The smallest absolute Gasteiger partial charge is 0.311 e. The van der Waals surface area contributed by atoms with E-state index < -0.39 is 5.91 Å². The van der Waals surface area contributed by atoms with Gasteiger partial charge in [-0.3, -0.25) is 9.59 Å². The third kappa shape index (κ3) is 3.23. The van der Waals surface area contributed by atoms with Crippen LogP contribution in [0.1, 0.15) is 45.4 Å². The Balaban J connectivity index is 1.52. The fourth-order valence-corrected chi connectivity index (χ4v) is 4.33. The SMILES string of the molecule is CC1CCC2(CCN(C(=O)C(=O)NC3CCNCC3)C2)C1. The molecule has 0 aromatic carbocycles. The molecule has 2 atom stereocenters. The van der Waals surface area contributed by atoms with Crippen LogP contribution in [0.15, 0.2) is 0 Å². The molecule has 2 N–H and O–H groups in total. The monoisotopic (exact) mass is 293 g/mol. The molecule has 2 saturated heterocycles. The fraction of sp³-hybridized carbons (Fsp3) is 0.875. The van der Waals surface area contributed by atoms with E-state index in [0.717, 1.165) is 51.4 Å². The van der Waals surface area contributed by atoms with Gasteiger partial charge in [0.15, 0.2) is 0 Å². The molecule has 1 spiro atoms. The minimum atomic E-state index is -0.398. The maximum atomic E-state index is 12.3. The Kier molecular flexibility index (Phi) is 4.20. The molecule has 1 saturated carbocycles. The lowest BCUT2D eigenvalue weighted by Gasteiger charge is -2.26. The van der Waals surface area contributed by atoms with Crippen molar-refractivity contribution in [2.24, 2.45) is 11.3 Å². The third-order valence-corrected chi connectivity index (χ3v) is 5.54. The highest BCUT2D eigenvalue weighted by Gasteiger charge is 2.45. The summed E-state index contributed by atoms with van der Waals surface area (Å²) in [7, 11) is 0. The minimum absolute atomic E-state index is 0.158. The maximum absolute atomic E-state index is 12.3. The van der Waals surface area contributed by atoms with Gasteiger partial charge in [-0.05, 0) is 56.5 Å². The van der Waals surface area contributed by atoms with E-state index in [9.17, 15) is 9.59 Å². The van der Waals surface area contributed by atoms with Crippen LogP contribution < -0.4 is 10.6 Å². The number of amides is 2. The number of carbonyl (C=O) groups excluding carboxylic acids is 2. The van der Waals surface area contributed by atoms with Gasteiger partial charge in [-0.2, -0.15) is 0 Å². The lowest BCUT2D eigenvalue weighted by Crippen LogP contribution is -2.49. The van der Waals surface area contributed by atoms with E-state index in [2.05, 4.69) is 17.6 Å². The summed E-state index contributed by atoms with van der Waals surface area (Å²) in [4.78, 5) is 26.3. The van der Waals surface area contributed by atoms with E-state index in [4.69, 9.17) is 0 Å². The lowest BCUT2D eigenvalue weighted by molar-refractivity contribution is -0.145. The van der Waals surface area contributed by atoms with E-state index >= 15 is 0 Å². The number of rotatable bonds is 1. The molecule has 2 amide bonds. The van der Waals surface area contributed by atoms with Gasteiger partial charge in [0.25, 0.3) is 0 Å². The van der Waals surface area contributed by atoms with Crippen LogP contribution in [0.5, 0.6) is 0 Å². The van der Waals surface area contributed by atoms with E-state index in [0.29, 0.717) is 5.41 Å².